The Bertz CT molecular complexity index is 833. The molecule has 1 aromatic carbocycles. The molecule has 1 aromatic heterocycles. The number of aryl methyl sites for hydroxylation is 1. The molecule has 0 aliphatic rings. The topological polar surface area (TPSA) is 74.6 Å². The van der Waals surface area contributed by atoms with Crippen molar-refractivity contribution in [3.63, 3.8) is 0 Å². The first-order chi connectivity index (χ1) is 12.4. The van der Waals surface area contributed by atoms with Gasteiger partial charge in [-0.1, -0.05) is 18.2 Å². The Morgan fingerprint density at radius 3 is 2.23 bits per heavy atom. The molecule has 0 bridgehead atoms. The van der Waals surface area contributed by atoms with E-state index in [1.807, 2.05) is 48.7 Å². The maximum absolute atomic E-state index is 12.4. The van der Waals surface area contributed by atoms with E-state index in [4.69, 9.17) is 4.74 Å². The second kappa shape index (κ2) is 8.80. The number of nitrogens with zero attached hydrogens (tertiary/aromatic N) is 1. The summed E-state index contributed by atoms with van der Waals surface area (Å²) in [7, 11) is 0. The number of para-hydroxylation sites is 1. The molecule has 0 spiro atoms. The molecule has 2 aromatic rings. The zero-order valence-corrected chi connectivity index (χ0v) is 15.0. The van der Waals surface area contributed by atoms with Crippen LogP contribution >= 0.6 is 0 Å². The van der Waals surface area contributed by atoms with Gasteiger partial charge in [0.2, 0.25) is 5.78 Å². The van der Waals surface area contributed by atoms with Crippen molar-refractivity contribution in [1.82, 2.24) is 4.57 Å². The van der Waals surface area contributed by atoms with Gasteiger partial charge in [0, 0.05) is 34.8 Å². The summed E-state index contributed by atoms with van der Waals surface area (Å²) in [6.45, 7) is 5.23. The average Bonchev–Trinajstić information content (AvgIpc) is 2.93. The molecule has 6 nitrogen and oxygen atoms in total. The normalized spacial score (nSPS) is 10.7. The minimum absolute atomic E-state index is 0.216. The van der Waals surface area contributed by atoms with Crippen LogP contribution in [-0.4, -0.2) is 35.5 Å². The van der Waals surface area contributed by atoms with Gasteiger partial charge in [0.15, 0.2) is 6.61 Å². The third-order valence-corrected chi connectivity index (χ3v) is 3.73. The maximum Gasteiger partial charge on any atom is 0.331 e. The van der Waals surface area contributed by atoms with E-state index in [2.05, 4.69) is 4.74 Å². The third-order valence-electron chi connectivity index (χ3n) is 3.73. The fourth-order valence-electron chi connectivity index (χ4n) is 2.61. The summed E-state index contributed by atoms with van der Waals surface area (Å²) in [4.78, 5) is 35.1. The SMILES string of the molecule is CCOC(=O)C=CC(=O)OCC(=O)c1cc(C)n(-c2ccccc2)c1C. The van der Waals surface area contributed by atoms with Crippen molar-refractivity contribution in [1.29, 1.82) is 0 Å². The summed E-state index contributed by atoms with van der Waals surface area (Å²) in [6.07, 6.45) is 1.91. The molecule has 1 heterocycles. The molecule has 136 valence electrons. The molecular formula is C20H21NO5. The number of ketones is 1. The maximum atomic E-state index is 12.4. The molecule has 26 heavy (non-hydrogen) atoms. The van der Waals surface area contributed by atoms with Crippen LogP contribution in [0.4, 0.5) is 0 Å². The molecule has 6 heteroatoms. The van der Waals surface area contributed by atoms with Crippen LogP contribution in [0.25, 0.3) is 5.69 Å². The lowest BCUT2D eigenvalue weighted by Crippen LogP contribution is -2.14. The molecule has 0 amide bonds. The summed E-state index contributed by atoms with van der Waals surface area (Å²) in [6, 6.07) is 11.4. The predicted molar refractivity (Wildman–Crippen MR) is 96.3 cm³/mol. The third kappa shape index (κ3) is 4.69. The van der Waals surface area contributed by atoms with Crippen molar-refractivity contribution in [2.75, 3.05) is 13.2 Å². The number of Topliss-reactive ketones (excluding diaryl/α,β-unsaturated/α-hetero) is 1. The number of ether oxygens (including phenoxy) is 2. The highest BCUT2D eigenvalue weighted by molar-refractivity contribution is 6.00. The highest BCUT2D eigenvalue weighted by atomic mass is 16.5. The smallest absolute Gasteiger partial charge is 0.331 e. The minimum Gasteiger partial charge on any atom is -0.463 e. The van der Waals surface area contributed by atoms with Crippen LogP contribution in [0.3, 0.4) is 0 Å². The summed E-state index contributed by atoms with van der Waals surface area (Å²) in [5.74, 6) is -1.72. The Labute approximate surface area is 152 Å². The first kappa shape index (κ1) is 19.2. The Balaban J connectivity index is 2.05. The molecular weight excluding hydrogens is 334 g/mol. The van der Waals surface area contributed by atoms with Gasteiger partial charge < -0.3 is 14.0 Å². The Morgan fingerprint density at radius 2 is 1.62 bits per heavy atom. The molecule has 0 aliphatic carbocycles. The van der Waals surface area contributed by atoms with E-state index in [9.17, 15) is 14.4 Å². The van der Waals surface area contributed by atoms with E-state index >= 15 is 0 Å². The van der Waals surface area contributed by atoms with Crippen molar-refractivity contribution in [2.45, 2.75) is 20.8 Å². The molecule has 2 rings (SSSR count). The summed E-state index contributed by atoms with van der Waals surface area (Å²) >= 11 is 0. The van der Waals surface area contributed by atoms with E-state index < -0.39 is 18.5 Å². The van der Waals surface area contributed by atoms with Crippen molar-refractivity contribution in [3.8, 4) is 5.69 Å². The molecule has 0 radical (unpaired) electrons. The second-order valence-corrected chi connectivity index (χ2v) is 5.57. The summed E-state index contributed by atoms with van der Waals surface area (Å²) < 4.78 is 11.5. The molecule has 0 unspecified atom stereocenters. The number of aromatic nitrogens is 1. The molecule has 0 saturated carbocycles. The van der Waals surface area contributed by atoms with E-state index in [-0.39, 0.29) is 12.4 Å². The van der Waals surface area contributed by atoms with Crippen LogP contribution in [0.2, 0.25) is 0 Å². The van der Waals surface area contributed by atoms with Crippen LogP contribution in [-0.2, 0) is 19.1 Å². The molecule has 0 aliphatic heterocycles. The van der Waals surface area contributed by atoms with E-state index in [0.29, 0.717) is 5.56 Å². The quantitative estimate of drug-likeness (QED) is 0.434. The van der Waals surface area contributed by atoms with Gasteiger partial charge in [-0.25, -0.2) is 9.59 Å². The lowest BCUT2D eigenvalue weighted by Gasteiger charge is -2.09. The van der Waals surface area contributed by atoms with Gasteiger partial charge >= 0.3 is 11.9 Å². The molecule has 0 atom stereocenters. The van der Waals surface area contributed by atoms with E-state index in [0.717, 1.165) is 29.2 Å². The average molecular weight is 355 g/mol. The lowest BCUT2D eigenvalue weighted by atomic mass is 10.1. The Kier molecular flexibility index (Phi) is 6.49. The van der Waals surface area contributed by atoms with Gasteiger partial charge in [0.25, 0.3) is 0 Å². The highest BCUT2D eigenvalue weighted by Crippen LogP contribution is 2.21. The van der Waals surface area contributed by atoms with Crippen LogP contribution in [0.1, 0.15) is 28.7 Å². The van der Waals surface area contributed by atoms with Gasteiger partial charge in [0.1, 0.15) is 0 Å². The zero-order chi connectivity index (χ0) is 19.1. The van der Waals surface area contributed by atoms with Gasteiger partial charge in [-0.3, -0.25) is 4.79 Å². The van der Waals surface area contributed by atoms with Gasteiger partial charge in [-0.15, -0.1) is 0 Å². The first-order valence-corrected chi connectivity index (χ1v) is 8.23. The van der Waals surface area contributed by atoms with E-state index in [1.165, 1.54) is 0 Å². The lowest BCUT2D eigenvalue weighted by molar-refractivity contribution is -0.139. The zero-order valence-electron chi connectivity index (χ0n) is 15.0. The summed E-state index contributed by atoms with van der Waals surface area (Å²) in [5, 5.41) is 0. The van der Waals surface area contributed by atoms with Crippen LogP contribution in [0, 0.1) is 13.8 Å². The number of carbonyl (C=O) groups excluding carboxylic acids is 3. The Hall–Kier alpha value is -3.15. The van der Waals surface area contributed by atoms with Crippen molar-refractivity contribution in [3.05, 3.63) is 65.5 Å². The van der Waals surface area contributed by atoms with Crippen LogP contribution in [0.15, 0.2) is 48.6 Å². The van der Waals surface area contributed by atoms with Crippen molar-refractivity contribution in [2.24, 2.45) is 0 Å². The minimum atomic E-state index is -0.775. The fourth-order valence-corrected chi connectivity index (χ4v) is 2.61. The van der Waals surface area contributed by atoms with Crippen molar-refractivity contribution < 1.29 is 23.9 Å². The highest BCUT2D eigenvalue weighted by Gasteiger charge is 2.17. The largest absolute Gasteiger partial charge is 0.463 e. The number of carbonyl (C=O) groups is 3. The van der Waals surface area contributed by atoms with Crippen LogP contribution < -0.4 is 0 Å². The second-order valence-electron chi connectivity index (χ2n) is 5.57. The molecule has 0 fully saturated rings. The van der Waals surface area contributed by atoms with E-state index in [1.54, 1.807) is 13.0 Å². The number of rotatable bonds is 7. The number of hydrogen-bond acceptors (Lipinski definition) is 5. The molecule has 0 saturated heterocycles. The number of benzene rings is 1. The fraction of sp³-hybridized carbons (Fsp3) is 0.250. The standard InChI is InChI=1S/C20H21NO5/c1-4-25-19(23)10-11-20(24)26-13-18(22)17-12-14(2)21(15(17)3)16-8-6-5-7-9-16/h5-12H,4,13H2,1-3H3. The van der Waals surface area contributed by atoms with Crippen LogP contribution in [0.5, 0.6) is 0 Å². The first-order valence-electron chi connectivity index (χ1n) is 8.23. The Morgan fingerprint density at radius 1 is 1.00 bits per heavy atom. The number of esters is 2. The van der Waals surface area contributed by atoms with Gasteiger partial charge in [0.05, 0.1) is 6.61 Å². The number of hydrogen-bond donors (Lipinski definition) is 0. The van der Waals surface area contributed by atoms with Gasteiger partial charge in [-0.05, 0) is 39.0 Å². The van der Waals surface area contributed by atoms with Crippen molar-refractivity contribution >= 4 is 17.7 Å². The molecule has 0 N–H and O–H groups in total. The summed E-state index contributed by atoms with van der Waals surface area (Å²) in [5.41, 5.74) is 3.13. The monoisotopic (exact) mass is 355 g/mol. The predicted octanol–water partition coefficient (Wildman–Crippen LogP) is 2.94. The van der Waals surface area contributed by atoms with Gasteiger partial charge in [-0.2, -0.15) is 0 Å².